The van der Waals surface area contributed by atoms with E-state index in [2.05, 4.69) is 13.2 Å². The lowest BCUT2D eigenvalue weighted by molar-refractivity contribution is -0.117. The van der Waals surface area contributed by atoms with E-state index in [0.29, 0.717) is 5.78 Å². The smallest absolute Gasteiger partial charge is 0.132 e. The highest BCUT2D eigenvalue weighted by molar-refractivity contribution is 5.79. The monoisotopic (exact) mass is 112 g/mol. The molecule has 0 heterocycles. The fourth-order valence-corrected chi connectivity index (χ4v) is 0.769. The molecule has 0 aromatic heterocycles. The third-order valence-electron chi connectivity index (χ3n) is 1.16. The van der Waals surface area contributed by atoms with Crippen LogP contribution in [0.1, 0.15) is 25.7 Å². The van der Waals surface area contributed by atoms with Gasteiger partial charge in [0.25, 0.3) is 0 Å². The summed E-state index contributed by atoms with van der Waals surface area (Å²) in [6.07, 6.45) is 3.97. The summed E-state index contributed by atoms with van der Waals surface area (Å²) >= 11 is 0. The third-order valence-corrected chi connectivity index (χ3v) is 1.16. The molecule has 0 aliphatic heterocycles. The van der Waals surface area contributed by atoms with Crippen molar-refractivity contribution in [3.05, 3.63) is 13.2 Å². The first-order chi connectivity index (χ1) is 3.89. The Kier molecular flexibility index (Phi) is 4.23. The van der Waals surface area contributed by atoms with Gasteiger partial charge in [0.1, 0.15) is 5.78 Å². The predicted molar refractivity (Wildman–Crippen MR) is 34.7 cm³/mol. The zero-order valence-electron chi connectivity index (χ0n) is 5.15. The molecule has 0 aromatic carbocycles. The quantitative estimate of drug-likeness (QED) is 0.437. The summed E-state index contributed by atoms with van der Waals surface area (Å²) in [6, 6.07) is 0. The van der Waals surface area contributed by atoms with E-state index >= 15 is 0 Å². The number of hydrogen-bond donors (Lipinski definition) is 0. The molecule has 0 radical (unpaired) electrons. The first-order valence-corrected chi connectivity index (χ1v) is 2.91. The topological polar surface area (TPSA) is 17.1 Å². The van der Waals surface area contributed by atoms with Crippen LogP contribution < -0.4 is 0 Å². The highest BCUT2D eigenvalue weighted by Crippen LogP contribution is 2.11. The molecule has 1 saturated carbocycles. The molecule has 0 spiro atoms. The SMILES string of the molecule is C=C.O=C1CCCC1. The Labute approximate surface area is 50.4 Å². The molecule has 1 rings (SSSR count). The molecular formula is C7H12O. The fourth-order valence-electron chi connectivity index (χ4n) is 0.769. The summed E-state index contributed by atoms with van der Waals surface area (Å²) in [5.74, 6) is 0.454. The van der Waals surface area contributed by atoms with Crippen molar-refractivity contribution in [2.24, 2.45) is 0 Å². The van der Waals surface area contributed by atoms with Gasteiger partial charge in [-0.1, -0.05) is 0 Å². The lowest BCUT2D eigenvalue weighted by Crippen LogP contribution is -1.81. The molecule has 0 amide bonds. The third kappa shape index (κ3) is 2.56. The average Bonchev–Trinajstić information content (AvgIpc) is 2.24. The van der Waals surface area contributed by atoms with Gasteiger partial charge in [0, 0.05) is 12.8 Å². The minimum Gasteiger partial charge on any atom is -0.300 e. The van der Waals surface area contributed by atoms with Crippen LogP contribution in [0, 0.1) is 0 Å². The Bertz CT molecular complexity index is 68.5. The zero-order valence-corrected chi connectivity index (χ0v) is 5.15. The van der Waals surface area contributed by atoms with Crippen LogP contribution in [-0.4, -0.2) is 5.78 Å². The Morgan fingerprint density at radius 1 is 1.12 bits per heavy atom. The van der Waals surface area contributed by atoms with Gasteiger partial charge >= 0.3 is 0 Å². The summed E-state index contributed by atoms with van der Waals surface area (Å²) in [5.41, 5.74) is 0. The lowest BCUT2D eigenvalue weighted by Gasteiger charge is -1.71. The number of rotatable bonds is 0. The van der Waals surface area contributed by atoms with E-state index in [-0.39, 0.29) is 0 Å². The van der Waals surface area contributed by atoms with Crippen LogP contribution in [-0.2, 0) is 4.79 Å². The largest absolute Gasteiger partial charge is 0.300 e. The first-order valence-electron chi connectivity index (χ1n) is 2.91. The van der Waals surface area contributed by atoms with Crippen LogP contribution in [0.25, 0.3) is 0 Å². The predicted octanol–water partition coefficient (Wildman–Crippen LogP) is 1.93. The molecule has 0 saturated heterocycles. The molecule has 0 aromatic rings. The molecule has 1 heteroatoms. The van der Waals surface area contributed by atoms with Gasteiger partial charge in [-0.15, -0.1) is 13.2 Å². The van der Waals surface area contributed by atoms with Gasteiger partial charge in [0.15, 0.2) is 0 Å². The van der Waals surface area contributed by atoms with Crippen molar-refractivity contribution < 1.29 is 4.79 Å². The van der Waals surface area contributed by atoms with Gasteiger partial charge in [-0.25, -0.2) is 0 Å². The second-order valence-electron chi connectivity index (χ2n) is 1.75. The molecule has 8 heavy (non-hydrogen) atoms. The van der Waals surface area contributed by atoms with E-state index in [9.17, 15) is 4.79 Å². The number of carbonyl (C=O) groups excluding carboxylic acids is 1. The van der Waals surface area contributed by atoms with Crippen molar-refractivity contribution in [1.29, 1.82) is 0 Å². The minimum atomic E-state index is 0.454. The molecule has 0 atom stereocenters. The molecular weight excluding hydrogens is 100 g/mol. The molecule has 0 unspecified atom stereocenters. The van der Waals surface area contributed by atoms with Crippen LogP contribution in [0.4, 0.5) is 0 Å². The standard InChI is InChI=1S/C5H8O.C2H4/c6-5-3-1-2-4-5;1-2/h1-4H2;1-2H2. The average molecular weight is 112 g/mol. The van der Waals surface area contributed by atoms with Gasteiger partial charge in [-0.2, -0.15) is 0 Å². The molecule has 1 fully saturated rings. The number of carbonyl (C=O) groups is 1. The van der Waals surface area contributed by atoms with Gasteiger partial charge < -0.3 is 0 Å². The Morgan fingerprint density at radius 3 is 1.62 bits per heavy atom. The van der Waals surface area contributed by atoms with Crippen LogP contribution in [0.2, 0.25) is 0 Å². The van der Waals surface area contributed by atoms with Crippen LogP contribution in [0.5, 0.6) is 0 Å². The number of Topliss-reactive ketones (excluding diaryl/α,β-unsaturated/α-hetero) is 1. The summed E-state index contributed by atoms with van der Waals surface area (Å²) < 4.78 is 0. The first kappa shape index (κ1) is 7.41. The van der Waals surface area contributed by atoms with E-state index in [1.807, 2.05) is 0 Å². The molecule has 1 aliphatic rings. The summed E-state index contributed by atoms with van der Waals surface area (Å²) in [7, 11) is 0. The van der Waals surface area contributed by atoms with Gasteiger partial charge in [-0.3, -0.25) is 4.79 Å². The molecule has 0 bridgehead atoms. The number of hydrogen-bond acceptors (Lipinski definition) is 1. The Balaban J connectivity index is 0.000000222. The van der Waals surface area contributed by atoms with Crippen molar-refractivity contribution in [2.75, 3.05) is 0 Å². The summed E-state index contributed by atoms with van der Waals surface area (Å²) in [4.78, 5) is 10.2. The Hall–Kier alpha value is -0.590. The van der Waals surface area contributed by atoms with Crippen molar-refractivity contribution in [2.45, 2.75) is 25.7 Å². The van der Waals surface area contributed by atoms with E-state index in [4.69, 9.17) is 0 Å². The van der Waals surface area contributed by atoms with Crippen LogP contribution in [0.15, 0.2) is 13.2 Å². The van der Waals surface area contributed by atoms with Crippen molar-refractivity contribution in [1.82, 2.24) is 0 Å². The molecule has 1 nitrogen and oxygen atoms in total. The normalized spacial score (nSPS) is 17.2. The van der Waals surface area contributed by atoms with Gasteiger partial charge in [0.05, 0.1) is 0 Å². The molecule has 0 N–H and O–H groups in total. The van der Waals surface area contributed by atoms with E-state index < -0.39 is 0 Å². The Morgan fingerprint density at radius 2 is 1.50 bits per heavy atom. The van der Waals surface area contributed by atoms with Crippen LogP contribution in [0.3, 0.4) is 0 Å². The van der Waals surface area contributed by atoms with E-state index in [0.717, 1.165) is 25.7 Å². The second-order valence-corrected chi connectivity index (χ2v) is 1.75. The molecule has 46 valence electrons. The van der Waals surface area contributed by atoms with Crippen molar-refractivity contribution in [3.63, 3.8) is 0 Å². The lowest BCUT2D eigenvalue weighted by atomic mass is 10.4. The summed E-state index contributed by atoms with van der Waals surface area (Å²) in [5, 5.41) is 0. The van der Waals surface area contributed by atoms with Gasteiger partial charge in [0.2, 0.25) is 0 Å². The maximum Gasteiger partial charge on any atom is 0.132 e. The van der Waals surface area contributed by atoms with Crippen molar-refractivity contribution in [3.8, 4) is 0 Å². The van der Waals surface area contributed by atoms with Gasteiger partial charge in [-0.05, 0) is 12.8 Å². The summed E-state index contributed by atoms with van der Waals surface area (Å²) in [6.45, 7) is 6.00. The van der Waals surface area contributed by atoms with Crippen LogP contribution >= 0.6 is 0 Å². The highest BCUT2D eigenvalue weighted by Gasteiger charge is 2.07. The maximum atomic E-state index is 10.2. The molecule has 1 aliphatic carbocycles. The van der Waals surface area contributed by atoms with E-state index in [1.165, 1.54) is 0 Å². The maximum absolute atomic E-state index is 10.2. The van der Waals surface area contributed by atoms with E-state index in [1.54, 1.807) is 0 Å². The zero-order chi connectivity index (χ0) is 6.41. The highest BCUT2D eigenvalue weighted by atomic mass is 16.1. The van der Waals surface area contributed by atoms with Crippen molar-refractivity contribution >= 4 is 5.78 Å². The number of ketones is 1. The fraction of sp³-hybridized carbons (Fsp3) is 0.571. The minimum absolute atomic E-state index is 0.454. The second kappa shape index (κ2) is 4.57.